The number of aryl methyl sites for hydroxylation is 1. The Morgan fingerprint density at radius 2 is 2.53 bits per heavy atom. The Morgan fingerprint density at radius 3 is 3.06 bits per heavy atom. The molecular weight excluding hydrogens is 218 g/mol. The Morgan fingerprint density at radius 1 is 1.71 bits per heavy atom. The zero-order chi connectivity index (χ0) is 12.3. The van der Waals surface area contributed by atoms with E-state index in [2.05, 4.69) is 27.6 Å². The summed E-state index contributed by atoms with van der Waals surface area (Å²) in [7, 11) is 1.77. The van der Waals surface area contributed by atoms with Crippen LogP contribution in [0.15, 0.2) is 6.33 Å². The second-order valence-electron chi connectivity index (χ2n) is 4.62. The van der Waals surface area contributed by atoms with Gasteiger partial charge in [0.05, 0.1) is 5.41 Å². The van der Waals surface area contributed by atoms with Crippen molar-refractivity contribution >= 4 is 11.9 Å². The molecule has 0 bridgehead atoms. The van der Waals surface area contributed by atoms with Crippen molar-refractivity contribution in [2.24, 2.45) is 12.5 Å². The van der Waals surface area contributed by atoms with Crippen LogP contribution in [0.2, 0.25) is 0 Å². The monoisotopic (exact) mass is 237 g/mol. The molecule has 0 radical (unpaired) electrons. The highest BCUT2D eigenvalue weighted by Crippen LogP contribution is 2.32. The van der Waals surface area contributed by atoms with Crippen LogP contribution in [0.5, 0.6) is 0 Å². The second kappa shape index (κ2) is 4.83. The molecule has 6 nitrogen and oxygen atoms in total. The normalized spacial score (nSPS) is 23.9. The highest BCUT2D eigenvalue weighted by Gasteiger charge is 2.40. The minimum atomic E-state index is -0.277. The van der Waals surface area contributed by atoms with Gasteiger partial charge in [0.15, 0.2) is 0 Å². The molecular formula is C11H19N5O. The van der Waals surface area contributed by atoms with E-state index in [1.165, 1.54) is 6.33 Å². The van der Waals surface area contributed by atoms with E-state index in [-0.39, 0.29) is 11.3 Å². The largest absolute Gasteiger partial charge is 0.316 e. The first-order chi connectivity index (χ1) is 8.18. The van der Waals surface area contributed by atoms with Crippen LogP contribution in [0.3, 0.4) is 0 Å². The van der Waals surface area contributed by atoms with Crippen molar-refractivity contribution in [3.8, 4) is 0 Å². The third-order valence-electron chi connectivity index (χ3n) is 3.39. The molecule has 2 heterocycles. The molecule has 1 aliphatic heterocycles. The first-order valence-electron chi connectivity index (χ1n) is 6.04. The van der Waals surface area contributed by atoms with Gasteiger partial charge in [0.2, 0.25) is 11.9 Å². The molecule has 1 atom stereocenters. The molecule has 1 aromatic heterocycles. The van der Waals surface area contributed by atoms with E-state index in [9.17, 15) is 4.79 Å². The molecule has 0 aliphatic carbocycles. The number of rotatable bonds is 4. The first-order valence-corrected chi connectivity index (χ1v) is 6.04. The van der Waals surface area contributed by atoms with Crippen molar-refractivity contribution in [3.05, 3.63) is 6.33 Å². The molecule has 1 unspecified atom stereocenters. The number of aromatic nitrogens is 3. The van der Waals surface area contributed by atoms with E-state index in [4.69, 9.17) is 0 Å². The number of carbonyl (C=O) groups is 1. The Bertz CT molecular complexity index is 394. The third-order valence-corrected chi connectivity index (χ3v) is 3.39. The lowest BCUT2D eigenvalue weighted by Crippen LogP contribution is -2.38. The van der Waals surface area contributed by atoms with Gasteiger partial charge in [0, 0.05) is 13.6 Å². The number of hydrogen-bond acceptors (Lipinski definition) is 4. The maximum Gasteiger partial charge on any atom is 0.234 e. The number of anilines is 1. The predicted octanol–water partition coefficient (Wildman–Crippen LogP) is 0.533. The number of nitrogens with one attached hydrogen (secondary N) is 2. The SMILES string of the molecule is CCCC1(C(=O)Nc2ncnn2C)CCNC1. The van der Waals surface area contributed by atoms with Crippen LogP contribution in [0.25, 0.3) is 0 Å². The third kappa shape index (κ3) is 2.31. The Balaban J connectivity index is 2.10. The molecule has 0 spiro atoms. The quantitative estimate of drug-likeness (QED) is 0.801. The Labute approximate surface area is 101 Å². The summed E-state index contributed by atoms with van der Waals surface area (Å²) < 4.78 is 1.57. The van der Waals surface area contributed by atoms with Crippen LogP contribution in [0, 0.1) is 5.41 Å². The summed E-state index contributed by atoms with van der Waals surface area (Å²) in [4.78, 5) is 16.4. The standard InChI is InChI=1S/C11H19N5O/c1-3-4-11(5-6-12-7-11)9(17)15-10-13-8-14-16(10)2/h8,12H,3-7H2,1-2H3,(H,13,14,15,17). The molecule has 1 fully saturated rings. The lowest BCUT2D eigenvalue weighted by atomic mass is 9.81. The van der Waals surface area contributed by atoms with Gasteiger partial charge in [-0.05, 0) is 19.4 Å². The van der Waals surface area contributed by atoms with Crippen molar-refractivity contribution in [3.63, 3.8) is 0 Å². The lowest BCUT2D eigenvalue weighted by Gasteiger charge is -2.25. The molecule has 17 heavy (non-hydrogen) atoms. The Hall–Kier alpha value is -1.43. The minimum absolute atomic E-state index is 0.0560. The molecule has 0 saturated carbocycles. The van der Waals surface area contributed by atoms with Crippen LogP contribution >= 0.6 is 0 Å². The zero-order valence-corrected chi connectivity index (χ0v) is 10.4. The van der Waals surface area contributed by atoms with Crippen LogP contribution in [0.1, 0.15) is 26.2 Å². The van der Waals surface area contributed by atoms with Gasteiger partial charge in [-0.25, -0.2) is 4.68 Å². The summed E-state index contributed by atoms with van der Waals surface area (Å²) in [6.45, 7) is 3.77. The Kier molecular flexibility index (Phi) is 3.42. The van der Waals surface area contributed by atoms with Crippen molar-refractivity contribution in [1.82, 2.24) is 20.1 Å². The summed E-state index contributed by atoms with van der Waals surface area (Å²) in [6, 6.07) is 0. The van der Waals surface area contributed by atoms with Crippen molar-refractivity contribution in [1.29, 1.82) is 0 Å². The summed E-state index contributed by atoms with van der Waals surface area (Å²) in [6.07, 6.45) is 4.25. The molecule has 6 heteroatoms. The van der Waals surface area contributed by atoms with Gasteiger partial charge in [-0.15, -0.1) is 0 Å². The maximum absolute atomic E-state index is 12.3. The minimum Gasteiger partial charge on any atom is -0.316 e. The molecule has 1 aliphatic rings. The van der Waals surface area contributed by atoms with Gasteiger partial charge < -0.3 is 5.32 Å². The van der Waals surface area contributed by atoms with Gasteiger partial charge >= 0.3 is 0 Å². The van der Waals surface area contributed by atoms with Crippen LogP contribution in [-0.4, -0.2) is 33.8 Å². The fourth-order valence-corrected chi connectivity index (χ4v) is 2.39. The van der Waals surface area contributed by atoms with Gasteiger partial charge in [0.1, 0.15) is 6.33 Å². The average Bonchev–Trinajstić information content (AvgIpc) is 2.91. The predicted molar refractivity (Wildman–Crippen MR) is 64.5 cm³/mol. The molecule has 94 valence electrons. The molecule has 1 amide bonds. The van der Waals surface area contributed by atoms with Crippen LogP contribution in [-0.2, 0) is 11.8 Å². The topological polar surface area (TPSA) is 71.8 Å². The smallest absolute Gasteiger partial charge is 0.234 e. The van der Waals surface area contributed by atoms with Crippen LogP contribution in [0.4, 0.5) is 5.95 Å². The number of hydrogen-bond donors (Lipinski definition) is 2. The number of nitrogens with zero attached hydrogens (tertiary/aromatic N) is 3. The second-order valence-corrected chi connectivity index (χ2v) is 4.62. The lowest BCUT2D eigenvalue weighted by molar-refractivity contribution is -0.125. The van der Waals surface area contributed by atoms with Gasteiger partial charge in [-0.1, -0.05) is 13.3 Å². The summed E-state index contributed by atoms with van der Waals surface area (Å²) >= 11 is 0. The molecule has 1 saturated heterocycles. The van der Waals surface area contributed by atoms with Gasteiger partial charge in [-0.3, -0.25) is 10.1 Å². The van der Waals surface area contributed by atoms with E-state index in [1.807, 2.05) is 0 Å². The average molecular weight is 237 g/mol. The molecule has 2 N–H and O–H groups in total. The van der Waals surface area contributed by atoms with Crippen LogP contribution < -0.4 is 10.6 Å². The summed E-state index contributed by atoms with van der Waals surface area (Å²) in [5.41, 5.74) is -0.277. The highest BCUT2D eigenvalue weighted by molar-refractivity contribution is 5.94. The van der Waals surface area contributed by atoms with E-state index < -0.39 is 0 Å². The van der Waals surface area contributed by atoms with E-state index in [0.717, 1.165) is 32.4 Å². The molecule has 1 aromatic rings. The fourth-order valence-electron chi connectivity index (χ4n) is 2.39. The molecule has 2 rings (SSSR count). The fraction of sp³-hybridized carbons (Fsp3) is 0.727. The maximum atomic E-state index is 12.3. The van der Waals surface area contributed by atoms with E-state index in [1.54, 1.807) is 11.7 Å². The van der Waals surface area contributed by atoms with Gasteiger partial charge in [0.25, 0.3) is 0 Å². The van der Waals surface area contributed by atoms with E-state index in [0.29, 0.717) is 5.95 Å². The highest BCUT2D eigenvalue weighted by atomic mass is 16.2. The van der Waals surface area contributed by atoms with Gasteiger partial charge in [-0.2, -0.15) is 10.1 Å². The summed E-state index contributed by atoms with van der Waals surface area (Å²) in [5.74, 6) is 0.567. The number of amides is 1. The van der Waals surface area contributed by atoms with E-state index >= 15 is 0 Å². The van der Waals surface area contributed by atoms with Crippen molar-refractivity contribution < 1.29 is 4.79 Å². The zero-order valence-electron chi connectivity index (χ0n) is 10.4. The summed E-state index contributed by atoms with van der Waals surface area (Å²) in [5, 5.41) is 10.1. The van der Waals surface area contributed by atoms with Crippen molar-refractivity contribution in [2.75, 3.05) is 18.4 Å². The number of carbonyl (C=O) groups excluding carboxylic acids is 1. The van der Waals surface area contributed by atoms with Crippen molar-refractivity contribution in [2.45, 2.75) is 26.2 Å². The first kappa shape index (κ1) is 12.0. The molecule has 0 aromatic carbocycles.